The molecule has 1 unspecified atom stereocenters. The predicted molar refractivity (Wildman–Crippen MR) is 55.5 cm³/mol. The molecule has 15 heavy (non-hydrogen) atoms. The van der Waals surface area contributed by atoms with Gasteiger partial charge in [-0.25, -0.2) is 4.39 Å². The highest BCUT2D eigenvalue weighted by molar-refractivity contribution is 5.96. The Morgan fingerprint density at radius 2 is 2.27 bits per heavy atom. The van der Waals surface area contributed by atoms with Gasteiger partial charge in [0.2, 0.25) is 0 Å². The molecule has 0 aliphatic rings. The van der Waals surface area contributed by atoms with Crippen LogP contribution < -0.4 is 10.5 Å². The van der Waals surface area contributed by atoms with Crippen LogP contribution in [0.25, 0.3) is 0 Å². The first kappa shape index (κ1) is 11.7. The zero-order valence-corrected chi connectivity index (χ0v) is 8.79. The molecule has 0 aromatic heterocycles. The third-order valence-electron chi connectivity index (χ3n) is 1.98. The molecule has 0 amide bonds. The van der Waals surface area contributed by atoms with Crippen LogP contribution in [0.5, 0.6) is 5.75 Å². The van der Waals surface area contributed by atoms with Crippen molar-refractivity contribution in [1.82, 2.24) is 0 Å². The van der Waals surface area contributed by atoms with Gasteiger partial charge in [-0.2, -0.15) is 0 Å². The Balaban J connectivity index is 2.90. The summed E-state index contributed by atoms with van der Waals surface area (Å²) in [7, 11) is 1.44. The normalized spacial score (nSPS) is 12.3. The lowest BCUT2D eigenvalue weighted by molar-refractivity contribution is 0.0972. The molecule has 82 valence electrons. The maximum atomic E-state index is 13.4. The largest absolute Gasteiger partial charge is 0.497 e. The van der Waals surface area contributed by atoms with Gasteiger partial charge >= 0.3 is 0 Å². The smallest absolute Gasteiger partial charge is 0.167 e. The second kappa shape index (κ2) is 4.89. The van der Waals surface area contributed by atoms with Gasteiger partial charge in [0.15, 0.2) is 5.78 Å². The van der Waals surface area contributed by atoms with E-state index >= 15 is 0 Å². The SMILES string of the molecule is COc1ccc(C(=O)CC(C)N)c(F)c1. The maximum absolute atomic E-state index is 13.4. The summed E-state index contributed by atoms with van der Waals surface area (Å²) in [5.41, 5.74) is 5.53. The van der Waals surface area contributed by atoms with Crippen molar-refractivity contribution in [1.29, 1.82) is 0 Å². The molecule has 0 bridgehead atoms. The van der Waals surface area contributed by atoms with Gasteiger partial charge in [0.1, 0.15) is 11.6 Å². The zero-order valence-electron chi connectivity index (χ0n) is 8.79. The van der Waals surface area contributed by atoms with Crippen molar-refractivity contribution in [2.45, 2.75) is 19.4 Å². The van der Waals surface area contributed by atoms with E-state index in [0.717, 1.165) is 0 Å². The topological polar surface area (TPSA) is 52.3 Å². The van der Waals surface area contributed by atoms with Crippen LogP contribution in [0.2, 0.25) is 0 Å². The van der Waals surface area contributed by atoms with E-state index in [1.165, 1.54) is 19.2 Å². The van der Waals surface area contributed by atoms with Crippen molar-refractivity contribution >= 4 is 5.78 Å². The molecule has 0 saturated heterocycles. The summed E-state index contributed by atoms with van der Waals surface area (Å²) in [5, 5.41) is 0. The number of nitrogens with two attached hydrogens (primary N) is 1. The Kier molecular flexibility index (Phi) is 3.80. The van der Waals surface area contributed by atoms with E-state index in [4.69, 9.17) is 10.5 Å². The Morgan fingerprint density at radius 3 is 2.73 bits per heavy atom. The minimum atomic E-state index is -0.569. The van der Waals surface area contributed by atoms with Crippen molar-refractivity contribution in [2.24, 2.45) is 5.73 Å². The highest BCUT2D eigenvalue weighted by Crippen LogP contribution is 2.17. The molecule has 2 N–H and O–H groups in total. The summed E-state index contributed by atoms with van der Waals surface area (Å²) in [4.78, 5) is 11.5. The average molecular weight is 211 g/mol. The number of rotatable bonds is 4. The number of Topliss-reactive ketones (excluding diaryl/α,β-unsaturated/α-hetero) is 1. The van der Waals surface area contributed by atoms with E-state index < -0.39 is 5.82 Å². The predicted octanol–water partition coefficient (Wildman–Crippen LogP) is 1.75. The van der Waals surface area contributed by atoms with Crippen LogP contribution in [-0.4, -0.2) is 18.9 Å². The highest BCUT2D eigenvalue weighted by atomic mass is 19.1. The van der Waals surface area contributed by atoms with Crippen LogP contribution in [0.1, 0.15) is 23.7 Å². The number of hydrogen-bond acceptors (Lipinski definition) is 3. The molecule has 0 aliphatic carbocycles. The molecule has 0 saturated carbocycles. The zero-order chi connectivity index (χ0) is 11.4. The van der Waals surface area contributed by atoms with Crippen LogP contribution in [0, 0.1) is 5.82 Å². The molecule has 0 fully saturated rings. The lowest BCUT2D eigenvalue weighted by Gasteiger charge is -2.06. The van der Waals surface area contributed by atoms with E-state index in [-0.39, 0.29) is 23.8 Å². The van der Waals surface area contributed by atoms with E-state index in [1.807, 2.05) is 0 Å². The lowest BCUT2D eigenvalue weighted by atomic mass is 10.0. The fraction of sp³-hybridized carbons (Fsp3) is 0.364. The molecule has 0 aliphatic heterocycles. The van der Waals surface area contributed by atoms with Crippen molar-refractivity contribution < 1.29 is 13.9 Å². The number of ketones is 1. The van der Waals surface area contributed by atoms with Gasteiger partial charge in [0.25, 0.3) is 0 Å². The van der Waals surface area contributed by atoms with Gasteiger partial charge in [-0.15, -0.1) is 0 Å². The third-order valence-corrected chi connectivity index (χ3v) is 1.98. The highest BCUT2D eigenvalue weighted by Gasteiger charge is 2.13. The van der Waals surface area contributed by atoms with Crippen molar-refractivity contribution in [3.8, 4) is 5.75 Å². The summed E-state index contributed by atoms with van der Waals surface area (Å²) in [5.74, 6) is -0.463. The summed E-state index contributed by atoms with van der Waals surface area (Å²) in [6, 6.07) is 3.89. The lowest BCUT2D eigenvalue weighted by Crippen LogP contribution is -2.20. The number of hydrogen-bond donors (Lipinski definition) is 1. The first-order valence-electron chi connectivity index (χ1n) is 4.67. The van der Waals surface area contributed by atoms with Crippen molar-refractivity contribution in [3.05, 3.63) is 29.6 Å². The number of benzene rings is 1. The maximum Gasteiger partial charge on any atom is 0.167 e. The van der Waals surface area contributed by atoms with Crippen molar-refractivity contribution in [2.75, 3.05) is 7.11 Å². The van der Waals surface area contributed by atoms with E-state index in [0.29, 0.717) is 5.75 Å². The third kappa shape index (κ3) is 3.02. The van der Waals surface area contributed by atoms with Crippen LogP contribution in [0.4, 0.5) is 4.39 Å². The van der Waals surface area contributed by atoms with E-state index in [2.05, 4.69) is 0 Å². The molecule has 1 aromatic rings. The monoisotopic (exact) mass is 211 g/mol. The molecule has 1 aromatic carbocycles. The van der Waals surface area contributed by atoms with Gasteiger partial charge in [0, 0.05) is 18.5 Å². The Morgan fingerprint density at radius 1 is 1.60 bits per heavy atom. The Bertz CT molecular complexity index is 364. The standard InChI is InChI=1S/C11H14FNO2/c1-7(13)5-11(14)9-4-3-8(15-2)6-10(9)12/h3-4,6-7H,5,13H2,1-2H3. The molecule has 4 heteroatoms. The quantitative estimate of drug-likeness (QED) is 0.772. The van der Waals surface area contributed by atoms with Crippen LogP contribution in [0.3, 0.4) is 0 Å². The number of carbonyl (C=O) groups is 1. The number of ether oxygens (including phenoxy) is 1. The molecule has 0 spiro atoms. The Hall–Kier alpha value is -1.42. The second-order valence-corrected chi connectivity index (χ2v) is 3.45. The average Bonchev–Trinajstić information content (AvgIpc) is 2.16. The summed E-state index contributed by atoms with van der Waals surface area (Å²) in [6.45, 7) is 1.71. The fourth-order valence-electron chi connectivity index (χ4n) is 1.25. The van der Waals surface area contributed by atoms with Crippen molar-refractivity contribution in [3.63, 3.8) is 0 Å². The van der Waals surface area contributed by atoms with Crippen LogP contribution >= 0.6 is 0 Å². The van der Waals surface area contributed by atoms with Gasteiger partial charge in [-0.3, -0.25) is 4.79 Å². The first-order chi connectivity index (χ1) is 7.04. The van der Waals surface area contributed by atoms with Gasteiger partial charge < -0.3 is 10.5 Å². The molecule has 3 nitrogen and oxygen atoms in total. The van der Waals surface area contributed by atoms with Crippen LogP contribution in [-0.2, 0) is 0 Å². The summed E-state index contributed by atoms with van der Waals surface area (Å²) < 4.78 is 18.2. The molecule has 1 atom stereocenters. The number of methoxy groups -OCH3 is 1. The van der Waals surface area contributed by atoms with Gasteiger partial charge in [-0.05, 0) is 19.1 Å². The van der Waals surface area contributed by atoms with Gasteiger partial charge in [0.05, 0.1) is 12.7 Å². The molecule has 1 rings (SSSR count). The fourth-order valence-corrected chi connectivity index (χ4v) is 1.25. The van der Waals surface area contributed by atoms with E-state index in [9.17, 15) is 9.18 Å². The second-order valence-electron chi connectivity index (χ2n) is 3.45. The van der Waals surface area contributed by atoms with E-state index in [1.54, 1.807) is 13.0 Å². The number of carbonyl (C=O) groups excluding carboxylic acids is 1. The minimum Gasteiger partial charge on any atom is -0.497 e. The van der Waals surface area contributed by atoms with Crippen LogP contribution in [0.15, 0.2) is 18.2 Å². The summed E-state index contributed by atoms with van der Waals surface area (Å²) in [6.07, 6.45) is 0.142. The Labute approximate surface area is 88.0 Å². The molecule has 0 heterocycles. The number of halogens is 1. The molecule has 0 radical (unpaired) electrons. The molecular weight excluding hydrogens is 197 g/mol. The van der Waals surface area contributed by atoms with Gasteiger partial charge in [-0.1, -0.05) is 0 Å². The molecular formula is C11H14FNO2. The summed E-state index contributed by atoms with van der Waals surface area (Å²) >= 11 is 0. The first-order valence-corrected chi connectivity index (χ1v) is 4.67. The minimum absolute atomic E-state index is 0.0631.